The maximum Gasteiger partial charge on any atom is 0.319 e. The van der Waals surface area contributed by atoms with Gasteiger partial charge in [-0.3, -0.25) is 0 Å². The molecular formula is C15H22ClN3O2. The summed E-state index contributed by atoms with van der Waals surface area (Å²) < 4.78 is 0. The van der Waals surface area contributed by atoms with Crippen LogP contribution in [0.3, 0.4) is 0 Å². The van der Waals surface area contributed by atoms with Crippen LogP contribution in [0, 0.1) is 5.92 Å². The van der Waals surface area contributed by atoms with E-state index in [2.05, 4.69) is 10.6 Å². The van der Waals surface area contributed by atoms with Crippen LogP contribution < -0.4 is 15.5 Å². The number of hydrogen-bond acceptors (Lipinski definition) is 3. The van der Waals surface area contributed by atoms with Crippen molar-refractivity contribution >= 4 is 29.0 Å². The molecule has 1 aromatic rings. The third kappa shape index (κ3) is 3.80. The molecule has 1 saturated carbocycles. The molecule has 1 fully saturated rings. The van der Waals surface area contributed by atoms with E-state index in [4.69, 9.17) is 11.6 Å². The molecule has 0 heterocycles. The van der Waals surface area contributed by atoms with Crippen LogP contribution in [-0.4, -0.2) is 37.4 Å². The molecule has 2 amide bonds. The molecule has 1 aliphatic carbocycles. The number of halogens is 1. The molecule has 0 spiro atoms. The second-order valence-electron chi connectivity index (χ2n) is 5.99. The Morgan fingerprint density at radius 2 is 2.14 bits per heavy atom. The quantitative estimate of drug-likeness (QED) is 0.783. The number of amides is 2. The Morgan fingerprint density at radius 1 is 1.48 bits per heavy atom. The number of nitrogens with zero attached hydrogens (tertiary/aromatic N) is 1. The number of rotatable bonds is 5. The van der Waals surface area contributed by atoms with E-state index in [1.165, 1.54) is 0 Å². The Labute approximate surface area is 130 Å². The van der Waals surface area contributed by atoms with Crippen molar-refractivity contribution in [2.45, 2.75) is 25.3 Å². The van der Waals surface area contributed by atoms with Gasteiger partial charge in [-0.25, -0.2) is 4.79 Å². The van der Waals surface area contributed by atoms with Crippen molar-refractivity contribution < 1.29 is 9.90 Å². The number of urea groups is 1. The SMILES string of the molecule is CN(C)c1ccc(NC(=O)NC(C)(CO)C2CC2)cc1Cl. The van der Waals surface area contributed by atoms with E-state index >= 15 is 0 Å². The zero-order chi connectivity index (χ0) is 15.6. The molecule has 3 N–H and O–H groups in total. The lowest BCUT2D eigenvalue weighted by atomic mass is 9.97. The zero-order valence-electron chi connectivity index (χ0n) is 12.6. The lowest BCUT2D eigenvalue weighted by Gasteiger charge is -2.28. The van der Waals surface area contributed by atoms with E-state index < -0.39 is 5.54 Å². The first-order valence-corrected chi connectivity index (χ1v) is 7.40. The lowest BCUT2D eigenvalue weighted by Crippen LogP contribution is -2.52. The van der Waals surface area contributed by atoms with Gasteiger partial charge in [0, 0.05) is 19.8 Å². The highest BCUT2D eigenvalue weighted by Crippen LogP contribution is 2.39. The first kappa shape index (κ1) is 15.9. The van der Waals surface area contributed by atoms with E-state index in [0.29, 0.717) is 16.6 Å². The van der Waals surface area contributed by atoms with Crippen molar-refractivity contribution in [2.24, 2.45) is 5.92 Å². The summed E-state index contributed by atoms with van der Waals surface area (Å²) in [6, 6.07) is 5.04. The highest BCUT2D eigenvalue weighted by molar-refractivity contribution is 6.33. The Morgan fingerprint density at radius 3 is 2.62 bits per heavy atom. The summed E-state index contributed by atoms with van der Waals surface area (Å²) in [6.45, 7) is 1.80. The van der Waals surface area contributed by atoms with Crippen LogP contribution >= 0.6 is 11.6 Å². The van der Waals surface area contributed by atoms with Crippen molar-refractivity contribution in [1.82, 2.24) is 5.32 Å². The fourth-order valence-corrected chi connectivity index (χ4v) is 2.71. The third-order valence-electron chi connectivity index (χ3n) is 3.89. The van der Waals surface area contributed by atoms with Gasteiger partial charge >= 0.3 is 6.03 Å². The van der Waals surface area contributed by atoms with Crippen LogP contribution in [0.15, 0.2) is 18.2 Å². The topological polar surface area (TPSA) is 64.6 Å². The van der Waals surface area contributed by atoms with Crippen molar-refractivity contribution in [2.75, 3.05) is 30.9 Å². The monoisotopic (exact) mass is 311 g/mol. The van der Waals surface area contributed by atoms with E-state index in [1.807, 2.05) is 32.0 Å². The van der Waals surface area contributed by atoms with Gasteiger partial charge in [0.1, 0.15) is 0 Å². The van der Waals surface area contributed by atoms with Crippen LogP contribution in [0.1, 0.15) is 19.8 Å². The van der Waals surface area contributed by atoms with Crippen LogP contribution in [0.2, 0.25) is 5.02 Å². The molecule has 0 aliphatic heterocycles. The molecule has 5 nitrogen and oxygen atoms in total. The molecule has 21 heavy (non-hydrogen) atoms. The number of aliphatic hydroxyl groups excluding tert-OH is 1. The molecule has 1 aliphatic rings. The first-order chi connectivity index (χ1) is 9.85. The van der Waals surface area contributed by atoms with Crippen molar-refractivity contribution in [1.29, 1.82) is 0 Å². The zero-order valence-corrected chi connectivity index (χ0v) is 13.4. The third-order valence-corrected chi connectivity index (χ3v) is 4.20. The average Bonchev–Trinajstić information content (AvgIpc) is 3.22. The fraction of sp³-hybridized carbons (Fsp3) is 0.533. The van der Waals surface area contributed by atoms with Gasteiger partial charge in [-0.1, -0.05) is 11.6 Å². The average molecular weight is 312 g/mol. The molecule has 6 heteroatoms. The van der Waals surface area contributed by atoms with Crippen molar-refractivity contribution in [3.05, 3.63) is 23.2 Å². The standard InChI is InChI=1S/C15H22ClN3O2/c1-15(9-20,10-4-5-10)18-14(21)17-11-6-7-13(19(2)3)12(16)8-11/h6-8,10,20H,4-5,9H2,1-3H3,(H2,17,18,21). The van der Waals surface area contributed by atoms with Gasteiger partial charge in [0.25, 0.3) is 0 Å². The minimum atomic E-state index is -0.558. The minimum Gasteiger partial charge on any atom is -0.394 e. The molecule has 1 aromatic carbocycles. The van der Waals surface area contributed by atoms with Gasteiger partial charge in [0.15, 0.2) is 0 Å². The number of hydrogen-bond donors (Lipinski definition) is 3. The van der Waals surface area contributed by atoms with Gasteiger partial charge in [0.05, 0.1) is 22.9 Å². The molecule has 1 unspecified atom stereocenters. The van der Waals surface area contributed by atoms with E-state index in [0.717, 1.165) is 18.5 Å². The first-order valence-electron chi connectivity index (χ1n) is 7.02. The number of carbonyl (C=O) groups excluding carboxylic acids is 1. The van der Waals surface area contributed by atoms with Crippen molar-refractivity contribution in [3.8, 4) is 0 Å². The summed E-state index contributed by atoms with van der Waals surface area (Å²) in [7, 11) is 3.81. The van der Waals surface area contributed by atoms with E-state index in [9.17, 15) is 9.90 Å². The van der Waals surface area contributed by atoms with Gasteiger partial charge in [-0.15, -0.1) is 0 Å². The van der Waals surface area contributed by atoms with Gasteiger partial charge in [0.2, 0.25) is 0 Å². The molecule has 0 aromatic heterocycles. The molecule has 1 atom stereocenters. The summed E-state index contributed by atoms with van der Waals surface area (Å²) in [5.74, 6) is 0.355. The normalized spacial score (nSPS) is 17.0. The highest BCUT2D eigenvalue weighted by atomic mass is 35.5. The lowest BCUT2D eigenvalue weighted by molar-refractivity contribution is 0.159. The Balaban J connectivity index is 2.01. The summed E-state index contributed by atoms with van der Waals surface area (Å²) in [5.41, 5.74) is 0.956. The Kier molecular flexibility index (Phi) is 4.64. The maximum atomic E-state index is 12.1. The van der Waals surface area contributed by atoms with E-state index in [1.54, 1.807) is 12.1 Å². The molecule has 116 valence electrons. The second-order valence-corrected chi connectivity index (χ2v) is 6.40. The number of anilines is 2. The van der Waals surface area contributed by atoms with Gasteiger partial charge < -0.3 is 20.6 Å². The Bertz CT molecular complexity index is 532. The summed E-state index contributed by atoms with van der Waals surface area (Å²) >= 11 is 6.18. The van der Waals surface area contributed by atoms with E-state index in [-0.39, 0.29) is 12.6 Å². The highest BCUT2D eigenvalue weighted by Gasteiger charge is 2.42. The smallest absolute Gasteiger partial charge is 0.319 e. The van der Waals surface area contributed by atoms with Crippen LogP contribution in [0.25, 0.3) is 0 Å². The minimum absolute atomic E-state index is 0.0641. The molecule has 0 saturated heterocycles. The molecule has 0 radical (unpaired) electrons. The molecule has 0 bridgehead atoms. The summed E-state index contributed by atoms with van der Waals surface area (Å²) in [6.07, 6.45) is 2.08. The maximum absolute atomic E-state index is 12.1. The second kappa shape index (κ2) is 6.12. The van der Waals surface area contributed by atoms with Gasteiger partial charge in [-0.05, 0) is 43.9 Å². The number of carbonyl (C=O) groups is 1. The number of nitrogens with one attached hydrogen (secondary N) is 2. The molecule has 2 rings (SSSR count). The fourth-order valence-electron chi connectivity index (χ4n) is 2.36. The molecular weight excluding hydrogens is 290 g/mol. The van der Waals surface area contributed by atoms with Crippen LogP contribution in [0.5, 0.6) is 0 Å². The van der Waals surface area contributed by atoms with Crippen LogP contribution in [-0.2, 0) is 0 Å². The summed E-state index contributed by atoms with van der Waals surface area (Å²) in [4.78, 5) is 14.0. The number of aliphatic hydroxyl groups is 1. The predicted molar refractivity (Wildman–Crippen MR) is 86.1 cm³/mol. The van der Waals surface area contributed by atoms with Gasteiger partial charge in [-0.2, -0.15) is 0 Å². The predicted octanol–water partition coefficient (Wildman–Crippen LogP) is 2.69. The largest absolute Gasteiger partial charge is 0.394 e. The Hall–Kier alpha value is -1.46. The summed E-state index contributed by atoms with van der Waals surface area (Å²) in [5, 5.41) is 15.7. The van der Waals surface area contributed by atoms with Crippen LogP contribution in [0.4, 0.5) is 16.2 Å². The number of benzene rings is 1. The van der Waals surface area contributed by atoms with Crippen molar-refractivity contribution in [3.63, 3.8) is 0 Å².